The van der Waals surface area contributed by atoms with Crippen LogP contribution in [-0.4, -0.2) is 21.6 Å². The molecule has 3 aromatic rings. The number of aromatic nitrogens is 3. The molecule has 2 aromatic heterocycles. The van der Waals surface area contributed by atoms with Gasteiger partial charge in [0.1, 0.15) is 18.2 Å². The van der Waals surface area contributed by atoms with Crippen LogP contribution >= 0.6 is 0 Å². The van der Waals surface area contributed by atoms with Crippen LogP contribution in [-0.2, 0) is 0 Å². The molecule has 6 nitrogen and oxygen atoms in total. The molecular weight excluding hydrogens is 302 g/mol. The minimum atomic E-state index is 0.0338. The van der Waals surface area contributed by atoms with Crippen molar-refractivity contribution in [2.24, 2.45) is 0 Å². The number of ether oxygens (including phenoxy) is 1. The summed E-state index contributed by atoms with van der Waals surface area (Å²) in [4.78, 5) is 11.4. The first-order chi connectivity index (χ1) is 11.6. The number of aromatic amines is 1. The third-order valence-electron chi connectivity index (χ3n) is 4.02. The highest BCUT2D eigenvalue weighted by atomic mass is 16.5. The number of hydrogen-bond donors (Lipinski definition) is 3. The van der Waals surface area contributed by atoms with E-state index in [9.17, 15) is 0 Å². The fourth-order valence-corrected chi connectivity index (χ4v) is 2.92. The lowest BCUT2D eigenvalue weighted by atomic mass is 9.89. The van der Waals surface area contributed by atoms with Crippen molar-refractivity contribution in [2.45, 2.75) is 19.3 Å². The number of anilines is 2. The fraction of sp³-hybridized carbons (Fsp3) is 0.222. The first-order valence-electron chi connectivity index (χ1n) is 7.69. The van der Waals surface area contributed by atoms with Crippen LogP contribution in [0.15, 0.2) is 30.6 Å². The Kier molecular flexibility index (Phi) is 4.25. The monoisotopic (exact) mass is 321 g/mol. The van der Waals surface area contributed by atoms with E-state index in [0.29, 0.717) is 5.82 Å². The van der Waals surface area contributed by atoms with Gasteiger partial charge in [-0.25, -0.2) is 4.98 Å². The quantitative estimate of drug-likeness (QED) is 0.627. The molecule has 0 spiro atoms. The van der Waals surface area contributed by atoms with E-state index in [0.717, 1.165) is 34.2 Å². The van der Waals surface area contributed by atoms with E-state index in [2.05, 4.69) is 33.9 Å². The Hall–Kier alpha value is -3.20. The summed E-state index contributed by atoms with van der Waals surface area (Å²) in [5, 5.41) is 0.991. The van der Waals surface area contributed by atoms with Gasteiger partial charge in [0.2, 0.25) is 5.95 Å². The Labute approximate surface area is 140 Å². The molecule has 0 saturated carbocycles. The van der Waals surface area contributed by atoms with Crippen molar-refractivity contribution in [1.82, 2.24) is 15.0 Å². The van der Waals surface area contributed by atoms with Crippen LogP contribution in [0.3, 0.4) is 0 Å². The van der Waals surface area contributed by atoms with E-state index in [-0.39, 0.29) is 18.5 Å². The van der Waals surface area contributed by atoms with Gasteiger partial charge >= 0.3 is 0 Å². The van der Waals surface area contributed by atoms with Crippen LogP contribution < -0.4 is 16.2 Å². The lowest BCUT2D eigenvalue weighted by molar-refractivity contribution is 0.374. The van der Waals surface area contributed by atoms with E-state index in [1.165, 1.54) is 0 Å². The van der Waals surface area contributed by atoms with Gasteiger partial charge in [0.15, 0.2) is 0 Å². The first-order valence-corrected chi connectivity index (χ1v) is 7.69. The molecule has 24 heavy (non-hydrogen) atoms. The lowest BCUT2D eigenvalue weighted by Gasteiger charge is -2.18. The molecule has 6 heteroatoms. The van der Waals surface area contributed by atoms with Gasteiger partial charge in [0, 0.05) is 34.8 Å². The van der Waals surface area contributed by atoms with E-state index < -0.39 is 0 Å². The molecular formula is C18H19N5O. The Balaban J connectivity index is 2.10. The molecule has 122 valence electrons. The molecule has 0 aliphatic rings. The summed E-state index contributed by atoms with van der Waals surface area (Å²) >= 11 is 0. The summed E-state index contributed by atoms with van der Waals surface area (Å²) in [5.74, 6) is 3.84. The number of nitrogens with one attached hydrogen (secondary N) is 1. The topological polar surface area (TPSA) is 103 Å². The molecule has 0 aliphatic carbocycles. The maximum atomic E-state index is 6.05. The number of rotatable bonds is 5. The van der Waals surface area contributed by atoms with Crippen LogP contribution in [0.25, 0.3) is 10.9 Å². The van der Waals surface area contributed by atoms with Crippen molar-refractivity contribution < 1.29 is 4.74 Å². The molecule has 0 fully saturated rings. The predicted molar refractivity (Wildman–Crippen MR) is 95.6 cm³/mol. The molecule has 0 amide bonds. The van der Waals surface area contributed by atoms with Crippen molar-refractivity contribution in [3.8, 4) is 18.1 Å². The number of terminal acetylenes is 1. The second-order valence-electron chi connectivity index (χ2n) is 5.48. The third kappa shape index (κ3) is 2.84. The van der Waals surface area contributed by atoms with Crippen LogP contribution in [0.5, 0.6) is 5.75 Å². The van der Waals surface area contributed by atoms with Gasteiger partial charge in [-0.3, -0.25) is 0 Å². The van der Waals surface area contributed by atoms with Gasteiger partial charge in [-0.15, -0.1) is 6.42 Å². The van der Waals surface area contributed by atoms with Gasteiger partial charge in [0.05, 0.1) is 0 Å². The Bertz CT molecular complexity index is 909. The molecule has 1 atom stereocenters. The minimum absolute atomic E-state index is 0.0338. The largest absolute Gasteiger partial charge is 0.480 e. The molecule has 0 bridgehead atoms. The number of fused-ring (bicyclic) bond motifs is 1. The average Bonchev–Trinajstić information content (AvgIpc) is 3.04. The zero-order valence-electron chi connectivity index (χ0n) is 13.4. The van der Waals surface area contributed by atoms with E-state index >= 15 is 0 Å². The molecule has 0 radical (unpaired) electrons. The van der Waals surface area contributed by atoms with Gasteiger partial charge in [0.25, 0.3) is 0 Å². The second-order valence-corrected chi connectivity index (χ2v) is 5.48. The summed E-state index contributed by atoms with van der Waals surface area (Å²) in [7, 11) is 0. The van der Waals surface area contributed by atoms with E-state index in [4.69, 9.17) is 22.6 Å². The van der Waals surface area contributed by atoms with Crippen LogP contribution in [0, 0.1) is 12.3 Å². The number of nitrogens with two attached hydrogens (primary N) is 2. The maximum Gasteiger partial charge on any atom is 0.221 e. The van der Waals surface area contributed by atoms with Crippen molar-refractivity contribution in [1.29, 1.82) is 0 Å². The van der Waals surface area contributed by atoms with E-state index in [1.54, 1.807) is 6.20 Å². The Morgan fingerprint density at radius 2 is 2.21 bits per heavy atom. The van der Waals surface area contributed by atoms with Crippen molar-refractivity contribution in [2.75, 3.05) is 18.1 Å². The highest BCUT2D eigenvalue weighted by molar-refractivity contribution is 5.87. The third-order valence-corrected chi connectivity index (χ3v) is 4.02. The summed E-state index contributed by atoms with van der Waals surface area (Å²) in [6.07, 6.45) is 9.71. The van der Waals surface area contributed by atoms with Gasteiger partial charge in [-0.2, -0.15) is 4.98 Å². The molecule has 0 saturated heterocycles. The number of nitrogens with zero attached hydrogens (tertiary/aromatic N) is 2. The molecule has 1 unspecified atom stereocenters. The SMILES string of the molecule is C#CCOc1cc(C(CC)c2cnc(N)nc2N)cc2[nH]ccc12. The molecule has 1 aromatic carbocycles. The summed E-state index contributed by atoms with van der Waals surface area (Å²) in [5.41, 5.74) is 14.5. The average molecular weight is 321 g/mol. The number of H-pyrrole nitrogens is 1. The highest BCUT2D eigenvalue weighted by Crippen LogP contribution is 2.36. The van der Waals surface area contributed by atoms with Gasteiger partial charge in [-0.1, -0.05) is 12.8 Å². The molecule has 0 aliphatic heterocycles. The maximum absolute atomic E-state index is 6.05. The molecule has 2 heterocycles. The predicted octanol–water partition coefficient (Wildman–Crippen LogP) is 2.68. The van der Waals surface area contributed by atoms with E-state index in [1.807, 2.05) is 18.3 Å². The standard InChI is InChI=1S/C18H19N5O/c1-3-7-24-16-9-11(8-15-13(16)5-6-21-15)12(4-2)14-10-22-18(20)23-17(14)19/h1,5-6,8-10,12,21H,4,7H2,2H3,(H4,19,20,22,23). The van der Waals surface area contributed by atoms with Gasteiger partial charge in [-0.05, 0) is 30.2 Å². The Morgan fingerprint density at radius 1 is 1.38 bits per heavy atom. The molecule has 3 rings (SSSR count). The summed E-state index contributed by atoms with van der Waals surface area (Å²) < 4.78 is 5.71. The Morgan fingerprint density at radius 3 is 2.92 bits per heavy atom. The van der Waals surface area contributed by atoms with Gasteiger partial charge < -0.3 is 21.2 Å². The van der Waals surface area contributed by atoms with Crippen molar-refractivity contribution in [3.63, 3.8) is 0 Å². The van der Waals surface area contributed by atoms with Crippen LogP contribution in [0.1, 0.15) is 30.4 Å². The first kappa shape index (κ1) is 15.7. The number of hydrogen-bond acceptors (Lipinski definition) is 5. The van der Waals surface area contributed by atoms with Crippen LogP contribution in [0.4, 0.5) is 11.8 Å². The van der Waals surface area contributed by atoms with Crippen molar-refractivity contribution in [3.05, 3.63) is 41.7 Å². The zero-order chi connectivity index (χ0) is 17.1. The smallest absolute Gasteiger partial charge is 0.221 e. The second kappa shape index (κ2) is 6.50. The lowest BCUT2D eigenvalue weighted by Crippen LogP contribution is -2.09. The number of benzene rings is 1. The summed E-state index contributed by atoms with van der Waals surface area (Å²) in [6.45, 7) is 2.30. The van der Waals surface area contributed by atoms with Crippen LogP contribution in [0.2, 0.25) is 0 Å². The minimum Gasteiger partial charge on any atom is -0.480 e. The van der Waals surface area contributed by atoms with Crippen molar-refractivity contribution >= 4 is 22.7 Å². The fourth-order valence-electron chi connectivity index (χ4n) is 2.92. The number of nitrogen functional groups attached to an aromatic ring is 2. The normalized spacial score (nSPS) is 12.0. The highest BCUT2D eigenvalue weighted by Gasteiger charge is 2.19. The summed E-state index contributed by atoms with van der Waals surface area (Å²) in [6, 6.07) is 6.05. The molecule has 5 N–H and O–H groups in total. The zero-order valence-corrected chi connectivity index (χ0v) is 13.4.